The maximum Gasteiger partial charge on any atom is 0.156 e. The molecule has 0 amide bonds. The lowest BCUT2D eigenvalue weighted by Gasteiger charge is -2.19. The zero-order valence-electron chi connectivity index (χ0n) is 15.5. The van der Waals surface area contributed by atoms with Crippen molar-refractivity contribution in [3.8, 4) is 0 Å². The zero-order valence-corrected chi connectivity index (χ0v) is 17.0. The first-order valence-electron chi connectivity index (χ1n) is 8.38. The molecule has 29 heavy (non-hydrogen) atoms. The summed E-state index contributed by atoms with van der Waals surface area (Å²) in [5.41, 5.74) is 0.802. The second-order valence-corrected chi connectivity index (χ2v) is 8.91. The van der Waals surface area contributed by atoms with E-state index in [-0.39, 0.29) is 21.6 Å². The van der Waals surface area contributed by atoms with Crippen molar-refractivity contribution in [2.75, 3.05) is 11.6 Å². The van der Waals surface area contributed by atoms with E-state index in [1.165, 1.54) is 30.5 Å². The van der Waals surface area contributed by atoms with Crippen LogP contribution >= 0.6 is 11.6 Å². The molecule has 3 rings (SSSR count). The van der Waals surface area contributed by atoms with Gasteiger partial charge in [0.2, 0.25) is 0 Å². The summed E-state index contributed by atoms with van der Waals surface area (Å²) in [6.07, 6.45) is 1.26. The van der Waals surface area contributed by atoms with Crippen LogP contribution in [0, 0.1) is 23.3 Å². The molecule has 0 bridgehead atoms. The Hall–Kier alpha value is -2.56. The van der Waals surface area contributed by atoms with Crippen molar-refractivity contribution < 1.29 is 18.1 Å². The molecule has 11 heteroatoms. The first-order valence-corrected chi connectivity index (χ1v) is 10.7. The molecule has 2 heterocycles. The quantitative estimate of drug-likeness (QED) is 0.464. The van der Waals surface area contributed by atoms with Crippen LogP contribution in [0.3, 0.4) is 0 Å². The fourth-order valence-electron chi connectivity index (χ4n) is 2.81. The molecule has 0 saturated carbocycles. The number of nitrogens with zero attached hydrogens (tertiary/aromatic N) is 2. The maximum atomic E-state index is 13.7. The number of hydrogen-bond acceptors (Lipinski definition) is 6. The normalized spacial score (nSPS) is 14.4. The van der Waals surface area contributed by atoms with E-state index in [0.717, 1.165) is 6.07 Å². The van der Waals surface area contributed by atoms with Gasteiger partial charge in [0, 0.05) is 11.9 Å². The fraction of sp³-hybridized carbons (Fsp3) is 0.222. The Morgan fingerprint density at radius 1 is 1.28 bits per heavy atom. The number of hydrogen-bond donors (Lipinski definition) is 4. The van der Waals surface area contributed by atoms with Crippen LogP contribution in [-0.2, 0) is 16.3 Å². The molecule has 0 spiro atoms. The molecular weight excluding hydrogens is 424 g/mol. The van der Waals surface area contributed by atoms with Gasteiger partial charge in [0.25, 0.3) is 0 Å². The van der Waals surface area contributed by atoms with Crippen molar-refractivity contribution in [1.82, 2.24) is 15.0 Å². The van der Waals surface area contributed by atoms with Gasteiger partial charge in [0.05, 0.1) is 21.4 Å². The molecule has 0 aliphatic heterocycles. The van der Waals surface area contributed by atoms with E-state index in [1.54, 1.807) is 6.92 Å². The monoisotopic (exact) mass is 441 g/mol. The summed E-state index contributed by atoms with van der Waals surface area (Å²) in [4.78, 5) is 11.3. The third-order valence-electron chi connectivity index (χ3n) is 4.14. The van der Waals surface area contributed by atoms with E-state index < -0.39 is 34.0 Å². The molecule has 0 aliphatic rings. The number of aromatic nitrogens is 3. The number of aliphatic hydroxyl groups excluding tert-OH is 1. The highest BCUT2D eigenvalue weighted by molar-refractivity contribution is 7.91. The summed E-state index contributed by atoms with van der Waals surface area (Å²) < 4.78 is 47.3. The SMILES string of the molecule is Cc1[nH]c(C(Nc2ccc(F)c(CO)n2)c2ccc(F)c(Cl)c2)nc1S(C)(=N)=O. The lowest BCUT2D eigenvalue weighted by atomic mass is 10.1. The van der Waals surface area contributed by atoms with E-state index in [2.05, 4.69) is 20.3 Å². The Labute approximate surface area is 171 Å². The lowest BCUT2D eigenvalue weighted by molar-refractivity contribution is 0.270. The Morgan fingerprint density at radius 2 is 1.97 bits per heavy atom. The predicted octanol–water partition coefficient (Wildman–Crippen LogP) is 3.77. The van der Waals surface area contributed by atoms with Crippen LogP contribution in [0.25, 0.3) is 0 Å². The highest BCUT2D eigenvalue weighted by atomic mass is 35.5. The van der Waals surface area contributed by atoms with E-state index in [0.29, 0.717) is 17.1 Å². The van der Waals surface area contributed by atoms with Crippen molar-refractivity contribution in [1.29, 1.82) is 4.78 Å². The number of aliphatic hydroxyl groups is 1. The van der Waals surface area contributed by atoms with Gasteiger partial charge in [-0.2, -0.15) is 0 Å². The maximum absolute atomic E-state index is 13.7. The summed E-state index contributed by atoms with van der Waals surface area (Å²) in [5.74, 6) is -0.746. The summed E-state index contributed by atoms with van der Waals surface area (Å²) in [6, 6.07) is 5.83. The molecule has 1 aromatic carbocycles. The van der Waals surface area contributed by atoms with E-state index in [4.69, 9.17) is 16.4 Å². The second-order valence-electron chi connectivity index (χ2n) is 6.43. The van der Waals surface area contributed by atoms with Crippen LogP contribution in [0.4, 0.5) is 14.6 Å². The van der Waals surface area contributed by atoms with Gasteiger partial charge in [-0.15, -0.1) is 0 Å². The van der Waals surface area contributed by atoms with Crippen LogP contribution in [0.15, 0.2) is 35.4 Å². The van der Waals surface area contributed by atoms with Crippen molar-refractivity contribution in [2.45, 2.75) is 24.6 Å². The minimum absolute atomic E-state index is 0.0932. The fourth-order valence-corrected chi connectivity index (χ4v) is 3.90. The highest BCUT2D eigenvalue weighted by Gasteiger charge is 2.23. The van der Waals surface area contributed by atoms with Gasteiger partial charge in [0.1, 0.15) is 35.0 Å². The first-order chi connectivity index (χ1) is 13.6. The number of anilines is 1. The summed E-state index contributed by atoms with van der Waals surface area (Å²) in [5, 5.41) is 12.3. The Bertz CT molecular complexity index is 1170. The van der Waals surface area contributed by atoms with Crippen molar-refractivity contribution in [2.24, 2.45) is 0 Å². The van der Waals surface area contributed by atoms with Crippen molar-refractivity contribution in [3.05, 3.63) is 69.8 Å². The molecule has 7 nitrogen and oxygen atoms in total. The molecule has 0 saturated heterocycles. The summed E-state index contributed by atoms with van der Waals surface area (Å²) >= 11 is 5.92. The number of aryl methyl sites for hydroxylation is 1. The third kappa shape index (κ3) is 4.55. The average Bonchev–Trinajstić information content (AvgIpc) is 3.05. The molecule has 0 radical (unpaired) electrons. The topological polar surface area (TPSA) is 115 Å². The smallest absolute Gasteiger partial charge is 0.156 e. The van der Waals surface area contributed by atoms with Crippen LogP contribution < -0.4 is 5.32 Å². The van der Waals surface area contributed by atoms with E-state index >= 15 is 0 Å². The standard InChI is InChI=1S/C18H18ClF2N5O2S/c1-9-18(29(2,22)28)26-17(23-9)16(10-3-4-12(20)11(19)7-10)25-15-6-5-13(21)14(8-27)24-15/h3-7,16,22,27H,8H2,1-2H3,(H,23,26)(H,24,25). The van der Waals surface area contributed by atoms with Crippen LogP contribution in [-0.4, -0.2) is 30.5 Å². The van der Waals surface area contributed by atoms with Gasteiger partial charge in [-0.1, -0.05) is 17.7 Å². The lowest BCUT2D eigenvalue weighted by Crippen LogP contribution is -2.16. The van der Waals surface area contributed by atoms with E-state index in [9.17, 15) is 18.1 Å². The Balaban J connectivity index is 2.11. The largest absolute Gasteiger partial charge is 0.390 e. The zero-order chi connectivity index (χ0) is 21.3. The molecule has 154 valence electrons. The van der Waals surface area contributed by atoms with Gasteiger partial charge in [-0.25, -0.2) is 27.7 Å². The van der Waals surface area contributed by atoms with Gasteiger partial charge in [0.15, 0.2) is 5.03 Å². The minimum atomic E-state index is -3.09. The van der Waals surface area contributed by atoms with Gasteiger partial charge in [-0.05, 0) is 36.8 Å². The molecular formula is C18H18ClF2N5O2S. The first kappa shape index (κ1) is 21.2. The summed E-state index contributed by atoms with van der Waals surface area (Å²) in [7, 11) is -3.09. The Morgan fingerprint density at radius 3 is 2.55 bits per heavy atom. The Kier molecular flexibility index (Phi) is 5.87. The third-order valence-corrected chi connectivity index (χ3v) is 5.56. The van der Waals surface area contributed by atoms with Gasteiger partial charge < -0.3 is 15.4 Å². The van der Waals surface area contributed by atoms with Gasteiger partial charge >= 0.3 is 0 Å². The highest BCUT2D eigenvalue weighted by Crippen LogP contribution is 2.29. The minimum Gasteiger partial charge on any atom is -0.390 e. The number of H-pyrrole nitrogens is 1. The van der Waals surface area contributed by atoms with Crippen LogP contribution in [0.5, 0.6) is 0 Å². The predicted molar refractivity (Wildman–Crippen MR) is 105 cm³/mol. The molecule has 0 fully saturated rings. The molecule has 3 aromatic rings. The number of pyridine rings is 1. The number of benzene rings is 1. The summed E-state index contributed by atoms with van der Waals surface area (Å²) in [6.45, 7) is 1.05. The number of aromatic amines is 1. The van der Waals surface area contributed by atoms with Crippen molar-refractivity contribution >= 4 is 27.1 Å². The number of rotatable bonds is 6. The molecule has 4 N–H and O–H groups in total. The van der Waals surface area contributed by atoms with Crippen molar-refractivity contribution in [3.63, 3.8) is 0 Å². The average molecular weight is 442 g/mol. The van der Waals surface area contributed by atoms with E-state index in [1.807, 2.05) is 0 Å². The van der Waals surface area contributed by atoms with Gasteiger partial charge in [-0.3, -0.25) is 0 Å². The van der Waals surface area contributed by atoms with Crippen LogP contribution in [0.2, 0.25) is 5.02 Å². The number of halogens is 3. The molecule has 0 aliphatic carbocycles. The number of nitrogens with one attached hydrogen (secondary N) is 3. The second kappa shape index (κ2) is 8.05. The number of imidazole rings is 1. The molecule has 2 atom stereocenters. The molecule has 2 unspecified atom stereocenters. The molecule has 2 aromatic heterocycles. The van der Waals surface area contributed by atoms with Crippen LogP contribution in [0.1, 0.15) is 28.8 Å².